The van der Waals surface area contributed by atoms with Crippen molar-refractivity contribution >= 4 is 0 Å². The van der Waals surface area contributed by atoms with Gasteiger partial charge in [-0.05, 0) is 6.42 Å². The van der Waals surface area contributed by atoms with Crippen molar-refractivity contribution in [1.29, 1.82) is 0 Å². The van der Waals surface area contributed by atoms with Crippen LogP contribution in [-0.2, 0) is 9.47 Å². The first kappa shape index (κ1) is 10.9. The predicted octanol–water partition coefficient (Wildman–Crippen LogP) is -0.0763. The number of aliphatic hydroxyl groups is 2. The van der Waals surface area contributed by atoms with Gasteiger partial charge in [0.2, 0.25) is 0 Å². The molecule has 1 fully saturated rings. The van der Waals surface area contributed by atoms with E-state index in [0.717, 1.165) is 12.8 Å². The summed E-state index contributed by atoms with van der Waals surface area (Å²) in [6.45, 7) is 3.37. The van der Waals surface area contributed by atoms with Crippen LogP contribution in [0.15, 0.2) is 0 Å². The molecule has 13 heavy (non-hydrogen) atoms. The summed E-state index contributed by atoms with van der Waals surface area (Å²) in [5.74, 6) is 0. The quantitative estimate of drug-likeness (QED) is 0.595. The summed E-state index contributed by atoms with van der Waals surface area (Å²) in [6.07, 6.45) is 0.218. The van der Waals surface area contributed by atoms with Crippen LogP contribution in [0.3, 0.4) is 0 Å². The lowest BCUT2D eigenvalue weighted by Crippen LogP contribution is -2.33. The van der Waals surface area contributed by atoms with E-state index in [2.05, 4.69) is 6.92 Å². The minimum Gasteiger partial charge on any atom is -0.388 e. The van der Waals surface area contributed by atoms with Crippen LogP contribution >= 0.6 is 0 Å². The molecule has 1 aliphatic heterocycles. The van der Waals surface area contributed by atoms with Gasteiger partial charge in [0, 0.05) is 6.61 Å². The van der Waals surface area contributed by atoms with E-state index in [0.29, 0.717) is 13.2 Å². The van der Waals surface area contributed by atoms with Crippen LogP contribution in [0, 0.1) is 0 Å². The Morgan fingerprint density at radius 3 is 2.77 bits per heavy atom. The van der Waals surface area contributed by atoms with E-state index < -0.39 is 12.2 Å². The fourth-order valence-corrected chi connectivity index (χ4v) is 1.26. The number of hydrogen-bond acceptors (Lipinski definition) is 4. The van der Waals surface area contributed by atoms with E-state index in [1.807, 2.05) is 0 Å². The lowest BCUT2D eigenvalue weighted by atomic mass is 10.2. The van der Waals surface area contributed by atoms with Crippen LogP contribution < -0.4 is 0 Å². The summed E-state index contributed by atoms with van der Waals surface area (Å²) >= 11 is 0. The molecule has 0 saturated carbocycles. The Morgan fingerprint density at radius 1 is 1.46 bits per heavy atom. The largest absolute Gasteiger partial charge is 0.388 e. The van der Waals surface area contributed by atoms with Crippen molar-refractivity contribution in [2.45, 2.75) is 38.1 Å². The van der Waals surface area contributed by atoms with Gasteiger partial charge in [-0.2, -0.15) is 0 Å². The maximum Gasteiger partial charge on any atom is 0.110 e. The zero-order chi connectivity index (χ0) is 9.68. The lowest BCUT2D eigenvalue weighted by molar-refractivity contribution is -0.0304. The van der Waals surface area contributed by atoms with Gasteiger partial charge in [-0.3, -0.25) is 0 Å². The molecule has 78 valence electrons. The Hall–Kier alpha value is -0.160. The second kappa shape index (κ2) is 5.54. The van der Waals surface area contributed by atoms with Crippen molar-refractivity contribution in [3.63, 3.8) is 0 Å². The molecule has 2 N–H and O–H groups in total. The van der Waals surface area contributed by atoms with E-state index >= 15 is 0 Å². The van der Waals surface area contributed by atoms with E-state index in [4.69, 9.17) is 14.6 Å². The second-order valence-electron chi connectivity index (χ2n) is 3.36. The van der Waals surface area contributed by atoms with Crippen LogP contribution in [0.1, 0.15) is 19.8 Å². The van der Waals surface area contributed by atoms with E-state index in [9.17, 15) is 5.11 Å². The van der Waals surface area contributed by atoms with Gasteiger partial charge in [0.15, 0.2) is 0 Å². The van der Waals surface area contributed by atoms with Crippen molar-refractivity contribution in [2.75, 3.05) is 19.8 Å². The van der Waals surface area contributed by atoms with Crippen molar-refractivity contribution in [2.24, 2.45) is 0 Å². The molecule has 1 heterocycles. The maximum atomic E-state index is 9.36. The standard InChI is InChI=1S/C9H18O4/c1-2-3-4-12-6-8-9(11)7(10)5-13-8/h7-11H,2-6H2,1H3/t7-,8+,9-/m0/s1. The molecule has 0 aromatic carbocycles. The molecule has 3 atom stereocenters. The highest BCUT2D eigenvalue weighted by atomic mass is 16.6. The third-order valence-electron chi connectivity index (χ3n) is 2.18. The Labute approximate surface area is 78.5 Å². The summed E-state index contributed by atoms with van der Waals surface area (Å²) < 4.78 is 10.4. The van der Waals surface area contributed by atoms with Crippen LogP contribution in [0.25, 0.3) is 0 Å². The molecule has 0 radical (unpaired) electrons. The van der Waals surface area contributed by atoms with Crippen LogP contribution in [0.2, 0.25) is 0 Å². The van der Waals surface area contributed by atoms with Crippen LogP contribution in [0.4, 0.5) is 0 Å². The van der Waals surface area contributed by atoms with Crippen molar-refractivity contribution in [3.8, 4) is 0 Å². The molecule has 1 rings (SSSR count). The minimum atomic E-state index is -0.790. The highest BCUT2D eigenvalue weighted by Crippen LogP contribution is 2.14. The minimum absolute atomic E-state index is 0.211. The summed E-state index contributed by atoms with van der Waals surface area (Å²) in [4.78, 5) is 0. The Bertz CT molecular complexity index is 140. The van der Waals surface area contributed by atoms with Gasteiger partial charge in [0.25, 0.3) is 0 Å². The van der Waals surface area contributed by atoms with Gasteiger partial charge in [-0.25, -0.2) is 0 Å². The van der Waals surface area contributed by atoms with Crippen molar-refractivity contribution in [3.05, 3.63) is 0 Å². The molecule has 0 amide bonds. The fraction of sp³-hybridized carbons (Fsp3) is 1.00. The maximum absolute atomic E-state index is 9.36. The molecule has 0 unspecified atom stereocenters. The molecule has 1 aliphatic rings. The van der Waals surface area contributed by atoms with E-state index in [1.165, 1.54) is 0 Å². The van der Waals surface area contributed by atoms with Gasteiger partial charge in [0.1, 0.15) is 18.3 Å². The smallest absolute Gasteiger partial charge is 0.110 e. The number of ether oxygens (including phenoxy) is 2. The average Bonchev–Trinajstić information content (AvgIpc) is 2.43. The molecule has 0 spiro atoms. The normalized spacial score (nSPS) is 33.9. The Morgan fingerprint density at radius 2 is 2.23 bits per heavy atom. The highest BCUT2D eigenvalue weighted by molar-refractivity contribution is 4.82. The summed E-state index contributed by atoms with van der Waals surface area (Å²) in [7, 11) is 0. The third-order valence-corrected chi connectivity index (χ3v) is 2.18. The van der Waals surface area contributed by atoms with E-state index in [1.54, 1.807) is 0 Å². The third kappa shape index (κ3) is 3.23. The molecule has 0 aromatic rings. The van der Waals surface area contributed by atoms with Crippen LogP contribution in [-0.4, -0.2) is 48.3 Å². The van der Waals surface area contributed by atoms with Gasteiger partial charge in [-0.1, -0.05) is 13.3 Å². The van der Waals surface area contributed by atoms with Gasteiger partial charge in [0.05, 0.1) is 13.2 Å². The highest BCUT2D eigenvalue weighted by Gasteiger charge is 2.34. The van der Waals surface area contributed by atoms with E-state index in [-0.39, 0.29) is 12.7 Å². The summed E-state index contributed by atoms with van der Waals surface area (Å²) in [6, 6.07) is 0. The Balaban J connectivity index is 2.08. The molecule has 4 heteroatoms. The molecule has 0 bridgehead atoms. The molecular weight excluding hydrogens is 172 g/mol. The van der Waals surface area contributed by atoms with Crippen LogP contribution in [0.5, 0.6) is 0 Å². The molecular formula is C9H18O4. The number of aliphatic hydroxyl groups excluding tert-OH is 2. The lowest BCUT2D eigenvalue weighted by Gasteiger charge is -2.14. The summed E-state index contributed by atoms with van der Waals surface area (Å²) in [5, 5.41) is 18.5. The fourth-order valence-electron chi connectivity index (χ4n) is 1.26. The average molecular weight is 190 g/mol. The Kier molecular flexibility index (Phi) is 4.66. The van der Waals surface area contributed by atoms with Gasteiger partial charge in [-0.15, -0.1) is 0 Å². The first-order chi connectivity index (χ1) is 6.25. The number of unbranched alkanes of at least 4 members (excludes halogenated alkanes) is 1. The van der Waals surface area contributed by atoms with Crippen molar-refractivity contribution in [1.82, 2.24) is 0 Å². The monoisotopic (exact) mass is 190 g/mol. The number of hydrogen-bond donors (Lipinski definition) is 2. The molecule has 0 aromatic heterocycles. The number of rotatable bonds is 5. The zero-order valence-corrected chi connectivity index (χ0v) is 7.98. The van der Waals surface area contributed by atoms with Crippen molar-refractivity contribution < 1.29 is 19.7 Å². The molecule has 4 nitrogen and oxygen atoms in total. The second-order valence-corrected chi connectivity index (χ2v) is 3.36. The zero-order valence-electron chi connectivity index (χ0n) is 7.98. The summed E-state index contributed by atoms with van der Waals surface area (Å²) in [5.41, 5.74) is 0. The van der Waals surface area contributed by atoms with Gasteiger partial charge >= 0.3 is 0 Å². The topological polar surface area (TPSA) is 58.9 Å². The molecule has 0 aliphatic carbocycles. The molecule has 1 saturated heterocycles. The van der Waals surface area contributed by atoms with Gasteiger partial charge < -0.3 is 19.7 Å². The first-order valence-electron chi connectivity index (χ1n) is 4.81. The first-order valence-corrected chi connectivity index (χ1v) is 4.81. The SMILES string of the molecule is CCCCOC[C@H]1OC[C@H](O)[C@@H]1O. The predicted molar refractivity (Wildman–Crippen MR) is 47.5 cm³/mol.